The van der Waals surface area contributed by atoms with Crippen LogP contribution in [0.3, 0.4) is 0 Å². The largest absolute Gasteiger partial charge is 0.370 e. The van der Waals surface area contributed by atoms with Gasteiger partial charge in [0.2, 0.25) is 11.8 Å². The van der Waals surface area contributed by atoms with Gasteiger partial charge in [0.05, 0.1) is 19.3 Å². The number of ether oxygens (including phenoxy) is 1. The Labute approximate surface area is 160 Å². The van der Waals surface area contributed by atoms with Gasteiger partial charge in [-0.25, -0.2) is 4.39 Å². The van der Waals surface area contributed by atoms with Crippen LogP contribution in [0.5, 0.6) is 0 Å². The van der Waals surface area contributed by atoms with E-state index in [9.17, 15) is 14.0 Å². The molecule has 1 unspecified atom stereocenters. The van der Waals surface area contributed by atoms with Gasteiger partial charge in [0.15, 0.2) is 0 Å². The van der Waals surface area contributed by atoms with E-state index in [1.807, 2.05) is 13.0 Å². The average Bonchev–Trinajstić information content (AvgIpc) is 3.37. The molecule has 0 bridgehead atoms. The summed E-state index contributed by atoms with van der Waals surface area (Å²) < 4.78 is 19.4. The number of hydrogen-bond acceptors (Lipinski definition) is 3. The molecular formula is C21H29FN2O3. The number of hydrogen-bond donors (Lipinski definition) is 0. The Kier molecular flexibility index (Phi) is 5.84. The van der Waals surface area contributed by atoms with Gasteiger partial charge in [-0.05, 0) is 36.5 Å². The predicted octanol–water partition coefficient (Wildman–Crippen LogP) is 2.84. The van der Waals surface area contributed by atoms with Gasteiger partial charge < -0.3 is 14.5 Å². The molecule has 148 valence electrons. The van der Waals surface area contributed by atoms with Crippen molar-refractivity contribution in [1.29, 1.82) is 0 Å². The van der Waals surface area contributed by atoms with Gasteiger partial charge in [-0.3, -0.25) is 9.59 Å². The zero-order chi connectivity index (χ0) is 19.6. The molecule has 1 saturated heterocycles. The highest BCUT2D eigenvalue weighted by atomic mass is 19.1. The van der Waals surface area contributed by atoms with Crippen LogP contribution in [0.25, 0.3) is 0 Å². The molecule has 0 radical (unpaired) electrons. The molecule has 0 N–H and O–H groups in total. The third kappa shape index (κ3) is 5.06. The first kappa shape index (κ1) is 19.8. The van der Waals surface area contributed by atoms with Gasteiger partial charge >= 0.3 is 0 Å². The van der Waals surface area contributed by atoms with Crippen LogP contribution >= 0.6 is 0 Å². The Bertz CT molecular complexity index is 702. The summed E-state index contributed by atoms with van der Waals surface area (Å²) in [7, 11) is 0. The summed E-state index contributed by atoms with van der Waals surface area (Å²) in [6.07, 6.45) is 1.46. The average molecular weight is 376 g/mol. The fraction of sp³-hybridized carbons (Fsp3) is 0.619. The van der Waals surface area contributed by atoms with Crippen molar-refractivity contribution in [2.45, 2.75) is 46.3 Å². The SMILES string of the molecule is CC(C)CN1CC(OCc2cccc(F)c2)CN(C(=O)C2(C)CC2)CC1=O. The van der Waals surface area contributed by atoms with Crippen molar-refractivity contribution in [2.75, 3.05) is 26.2 Å². The van der Waals surface area contributed by atoms with E-state index in [1.54, 1.807) is 15.9 Å². The quantitative estimate of drug-likeness (QED) is 0.767. The van der Waals surface area contributed by atoms with Crippen LogP contribution in [0.4, 0.5) is 4.39 Å². The van der Waals surface area contributed by atoms with Crippen LogP contribution in [0.1, 0.15) is 39.2 Å². The van der Waals surface area contributed by atoms with Crippen LogP contribution in [0.2, 0.25) is 0 Å². The van der Waals surface area contributed by atoms with E-state index in [4.69, 9.17) is 4.74 Å². The molecule has 3 rings (SSSR count). The van der Waals surface area contributed by atoms with Crippen molar-refractivity contribution in [3.8, 4) is 0 Å². The lowest BCUT2D eigenvalue weighted by Crippen LogP contribution is -2.43. The number of nitrogens with zero attached hydrogens (tertiary/aromatic N) is 2. The van der Waals surface area contributed by atoms with E-state index in [0.717, 1.165) is 18.4 Å². The van der Waals surface area contributed by atoms with Crippen molar-refractivity contribution >= 4 is 11.8 Å². The van der Waals surface area contributed by atoms with Crippen LogP contribution in [0.15, 0.2) is 24.3 Å². The Morgan fingerprint density at radius 3 is 2.70 bits per heavy atom. The molecular weight excluding hydrogens is 347 g/mol. The van der Waals surface area contributed by atoms with Crippen molar-refractivity contribution in [1.82, 2.24) is 9.80 Å². The van der Waals surface area contributed by atoms with Gasteiger partial charge in [0, 0.05) is 25.0 Å². The maximum atomic E-state index is 13.4. The van der Waals surface area contributed by atoms with Crippen LogP contribution in [-0.4, -0.2) is 53.9 Å². The van der Waals surface area contributed by atoms with Gasteiger partial charge in [0.25, 0.3) is 0 Å². The molecule has 1 heterocycles. The molecule has 1 atom stereocenters. The summed E-state index contributed by atoms with van der Waals surface area (Å²) in [6.45, 7) is 7.93. The number of carbonyl (C=O) groups excluding carboxylic acids is 2. The number of carbonyl (C=O) groups is 2. The number of rotatable bonds is 6. The second kappa shape index (κ2) is 7.97. The molecule has 0 spiro atoms. The molecule has 2 aliphatic rings. The molecule has 1 aromatic carbocycles. The van der Waals surface area contributed by atoms with E-state index in [2.05, 4.69) is 13.8 Å². The molecule has 1 aliphatic heterocycles. The van der Waals surface area contributed by atoms with Crippen LogP contribution in [-0.2, 0) is 20.9 Å². The minimum atomic E-state index is -0.319. The van der Waals surface area contributed by atoms with Crippen molar-refractivity contribution in [2.24, 2.45) is 11.3 Å². The first-order valence-corrected chi connectivity index (χ1v) is 9.70. The highest BCUT2D eigenvalue weighted by molar-refractivity contribution is 5.89. The van der Waals surface area contributed by atoms with E-state index in [0.29, 0.717) is 25.6 Å². The molecule has 1 saturated carbocycles. The number of halogens is 1. The zero-order valence-electron chi connectivity index (χ0n) is 16.4. The zero-order valence-corrected chi connectivity index (χ0v) is 16.4. The minimum absolute atomic E-state index is 0.0295. The second-order valence-electron chi connectivity index (χ2n) is 8.50. The molecule has 5 nitrogen and oxygen atoms in total. The van der Waals surface area contributed by atoms with Crippen molar-refractivity contribution in [3.05, 3.63) is 35.6 Å². The summed E-state index contributed by atoms with van der Waals surface area (Å²) in [5, 5.41) is 0. The van der Waals surface area contributed by atoms with Gasteiger partial charge in [-0.1, -0.05) is 32.9 Å². The molecule has 6 heteroatoms. The maximum Gasteiger partial charge on any atom is 0.242 e. The van der Waals surface area contributed by atoms with E-state index in [1.165, 1.54) is 12.1 Å². The Hall–Kier alpha value is -1.95. The third-order valence-corrected chi connectivity index (χ3v) is 5.29. The minimum Gasteiger partial charge on any atom is -0.370 e. The summed E-state index contributed by atoms with van der Waals surface area (Å²) in [5.74, 6) is 0.0489. The molecule has 27 heavy (non-hydrogen) atoms. The second-order valence-corrected chi connectivity index (χ2v) is 8.50. The lowest BCUT2D eigenvalue weighted by molar-refractivity contribution is -0.142. The van der Waals surface area contributed by atoms with Crippen LogP contribution < -0.4 is 0 Å². The standard InChI is InChI=1S/C21H29FN2O3/c1-15(2)10-23-11-18(27-14-16-5-4-6-17(22)9-16)12-24(13-19(23)25)20(26)21(3)7-8-21/h4-6,9,15,18H,7-8,10-14H2,1-3H3. The summed E-state index contributed by atoms with van der Waals surface area (Å²) in [5.41, 5.74) is 0.425. The first-order chi connectivity index (χ1) is 12.8. The smallest absolute Gasteiger partial charge is 0.242 e. The lowest BCUT2D eigenvalue weighted by Gasteiger charge is -2.26. The van der Waals surface area contributed by atoms with Gasteiger partial charge in [0.1, 0.15) is 5.82 Å². The summed E-state index contributed by atoms with van der Waals surface area (Å²) in [6, 6.07) is 6.31. The first-order valence-electron chi connectivity index (χ1n) is 9.70. The van der Waals surface area contributed by atoms with E-state index < -0.39 is 0 Å². The lowest BCUT2D eigenvalue weighted by atomic mass is 10.1. The van der Waals surface area contributed by atoms with E-state index >= 15 is 0 Å². The molecule has 1 aromatic rings. The van der Waals surface area contributed by atoms with Gasteiger partial charge in [-0.2, -0.15) is 0 Å². The molecule has 2 fully saturated rings. The maximum absolute atomic E-state index is 13.4. The fourth-order valence-electron chi connectivity index (χ4n) is 3.48. The third-order valence-electron chi connectivity index (χ3n) is 5.29. The normalized spacial score (nSPS) is 22.1. The molecule has 2 amide bonds. The molecule has 0 aromatic heterocycles. The molecule has 1 aliphatic carbocycles. The number of amides is 2. The summed E-state index contributed by atoms with van der Waals surface area (Å²) >= 11 is 0. The fourth-order valence-corrected chi connectivity index (χ4v) is 3.48. The topological polar surface area (TPSA) is 49.9 Å². The Morgan fingerprint density at radius 1 is 1.33 bits per heavy atom. The van der Waals surface area contributed by atoms with E-state index in [-0.39, 0.29) is 42.3 Å². The van der Waals surface area contributed by atoms with Crippen molar-refractivity contribution in [3.63, 3.8) is 0 Å². The van der Waals surface area contributed by atoms with Crippen molar-refractivity contribution < 1.29 is 18.7 Å². The number of benzene rings is 1. The monoisotopic (exact) mass is 376 g/mol. The highest BCUT2D eigenvalue weighted by Crippen LogP contribution is 2.46. The highest BCUT2D eigenvalue weighted by Gasteiger charge is 2.48. The summed E-state index contributed by atoms with van der Waals surface area (Å²) in [4.78, 5) is 29.0. The predicted molar refractivity (Wildman–Crippen MR) is 100 cm³/mol. The Morgan fingerprint density at radius 2 is 2.07 bits per heavy atom. The van der Waals surface area contributed by atoms with Crippen LogP contribution in [0, 0.1) is 17.2 Å². The van der Waals surface area contributed by atoms with Gasteiger partial charge in [-0.15, -0.1) is 0 Å². The Balaban J connectivity index is 1.72.